The van der Waals surface area contributed by atoms with E-state index in [1.807, 2.05) is 67.5 Å². The van der Waals surface area contributed by atoms with Gasteiger partial charge in [-0.2, -0.15) is 5.10 Å². The molecule has 1 amide bonds. The number of hydrogen-bond donors (Lipinski definition) is 1. The molecule has 146 valence electrons. The second-order valence-electron chi connectivity index (χ2n) is 7.38. The standard InChI is InChI=1S/C22H26N4O2/c1-16-8-9-20(28-16)21-19(15-26(24-21)18-6-4-3-5-7-18)22(27)25-12-10-17(11-13-25)14-23-2/h3-9,15,17,23H,10-14H2,1-2H3. The number of likely N-dealkylation sites (tertiary alicyclic amines) is 1. The lowest BCUT2D eigenvalue weighted by Crippen LogP contribution is -2.40. The minimum atomic E-state index is 0.0224. The van der Waals surface area contributed by atoms with E-state index >= 15 is 0 Å². The smallest absolute Gasteiger partial charge is 0.257 e. The Morgan fingerprint density at radius 3 is 2.57 bits per heavy atom. The molecule has 1 aromatic carbocycles. The summed E-state index contributed by atoms with van der Waals surface area (Å²) in [6.45, 7) is 4.45. The third-order valence-corrected chi connectivity index (χ3v) is 5.33. The number of para-hydroxylation sites is 1. The van der Waals surface area contributed by atoms with Gasteiger partial charge in [0.25, 0.3) is 5.91 Å². The molecule has 1 N–H and O–H groups in total. The zero-order chi connectivity index (χ0) is 19.5. The van der Waals surface area contributed by atoms with E-state index in [-0.39, 0.29) is 5.91 Å². The van der Waals surface area contributed by atoms with Gasteiger partial charge in [-0.25, -0.2) is 4.68 Å². The first-order valence-electron chi connectivity index (χ1n) is 9.81. The number of nitrogens with one attached hydrogen (secondary N) is 1. The van der Waals surface area contributed by atoms with E-state index < -0.39 is 0 Å². The Labute approximate surface area is 165 Å². The first-order chi connectivity index (χ1) is 13.7. The molecule has 0 spiro atoms. The highest BCUT2D eigenvalue weighted by atomic mass is 16.3. The average Bonchev–Trinajstić information content (AvgIpc) is 3.35. The van der Waals surface area contributed by atoms with Gasteiger partial charge in [-0.15, -0.1) is 0 Å². The van der Waals surface area contributed by atoms with Gasteiger partial charge in [0.2, 0.25) is 0 Å². The highest BCUT2D eigenvalue weighted by molar-refractivity contribution is 5.99. The van der Waals surface area contributed by atoms with Gasteiger partial charge in [-0.05, 0) is 63.5 Å². The molecule has 4 rings (SSSR count). The van der Waals surface area contributed by atoms with Crippen LogP contribution < -0.4 is 5.32 Å². The largest absolute Gasteiger partial charge is 0.460 e. The number of benzene rings is 1. The SMILES string of the molecule is CNCC1CCN(C(=O)c2cn(-c3ccccc3)nc2-c2ccc(C)o2)CC1. The van der Waals surface area contributed by atoms with Crippen molar-refractivity contribution in [3.05, 3.63) is 60.0 Å². The van der Waals surface area contributed by atoms with Crippen molar-refractivity contribution < 1.29 is 9.21 Å². The lowest BCUT2D eigenvalue weighted by Gasteiger charge is -2.31. The summed E-state index contributed by atoms with van der Waals surface area (Å²) in [6, 6.07) is 13.6. The van der Waals surface area contributed by atoms with Crippen LogP contribution in [0.25, 0.3) is 17.1 Å². The monoisotopic (exact) mass is 378 g/mol. The lowest BCUT2D eigenvalue weighted by atomic mass is 9.96. The maximum absolute atomic E-state index is 13.3. The first-order valence-corrected chi connectivity index (χ1v) is 9.81. The summed E-state index contributed by atoms with van der Waals surface area (Å²) in [6.07, 6.45) is 3.87. The summed E-state index contributed by atoms with van der Waals surface area (Å²) >= 11 is 0. The topological polar surface area (TPSA) is 63.3 Å². The van der Waals surface area contributed by atoms with E-state index in [0.29, 0.717) is 22.9 Å². The number of carbonyl (C=O) groups is 1. The number of piperidine rings is 1. The number of nitrogens with zero attached hydrogens (tertiary/aromatic N) is 3. The molecule has 3 aromatic rings. The zero-order valence-corrected chi connectivity index (χ0v) is 16.4. The third-order valence-electron chi connectivity index (χ3n) is 5.33. The minimum absolute atomic E-state index is 0.0224. The van der Waals surface area contributed by atoms with E-state index in [0.717, 1.165) is 43.9 Å². The Morgan fingerprint density at radius 1 is 1.18 bits per heavy atom. The third kappa shape index (κ3) is 3.73. The summed E-state index contributed by atoms with van der Waals surface area (Å²) in [5.41, 5.74) is 2.10. The van der Waals surface area contributed by atoms with E-state index in [9.17, 15) is 4.79 Å². The van der Waals surface area contributed by atoms with Gasteiger partial charge in [-0.1, -0.05) is 18.2 Å². The summed E-state index contributed by atoms with van der Waals surface area (Å²) in [4.78, 5) is 15.3. The van der Waals surface area contributed by atoms with Crippen LogP contribution in [0.2, 0.25) is 0 Å². The normalized spacial score (nSPS) is 15.1. The number of furan rings is 1. The van der Waals surface area contributed by atoms with Crippen molar-refractivity contribution in [2.24, 2.45) is 5.92 Å². The highest BCUT2D eigenvalue weighted by Crippen LogP contribution is 2.28. The van der Waals surface area contributed by atoms with Crippen molar-refractivity contribution >= 4 is 5.91 Å². The Morgan fingerprint density at radius 2 is 1.93 bits per heavy atom. The minimum Gasteiger partial charge on any atom is -0.460 e. The van der Waals surface area contributed by atoms with Crippen molar-refractivity contribution in [3.63, 3.8) is 0 Å². The van der Waals surface area contributed by atoms with Gasteiger partial charge in [0.1, 0.15) is 11.5 Å². The van der Waals surface area contributed by atoms with Crippen molar-refractivity contribution in [2.75, 3.05) is 26.7 Å². The average molecular weight is 378 g/mol. The van der Waals surface area contributed by atoms with E-state index in [2.05, 4.69) is 10.4 Å². The quantitative estimate of drug-likeness (QED) is 0.738. The molecular weight excluding hydrogens is 352 g/mol. The molecule has 6 heteroatoms. The fourth-order valence-electron chi connectivity index (χ4n) is 3.79. The number of rotatable bonds is 5. The molecule has 0 atom stereocenters. The van der Waals surface area contributed by atoms with Crippen molar-refractivity contribution in [1.29, 1.82) is 0 Å². The Balaban J connectivity index is 1.65. The molecule has 0 aliphatic carbocycles. The summed E-state index contributed by atoms with van der Waals surface area (Å²) in [5, 5.41) is 7.93. The fourth-order valence-corrected chi connectivity index (χ4v) is 3.79. The second kappa shape index (κ2) is 8.02. The van der Waals surface area contributed by atoms with Gasteiger partial charge in [0, 0.05) is 19.3 Å². The molecule has 1 aliphatic rings. The Kier molecular flexibility index (Phi) is 5.30. The predicted molar refractivity (Wildman–Crippen MR) is 109 cm³/mol. The van der Waals surface area contributed by atoms with Crippen LogP contribution in [0.3, 0.4) is 0 Å². The van der Waals surface area contributed by atoms with Gasteiger partial charge in [0.15, 0.2) is 5.76 Å². The number of hydrogen-bond acceptors (Lipinski definition) is 4. The molecule has 0 unspecified atom stereocenters. The summed E-state index contributed by atoms with van der Waals surface area (Å²) < 4.78 is 7.55. The lowest BCUT2D eigenvalue weighted by molar-refractivity contribution is 0.0691. The maximum Gasteiger partial charge on any atom is 0.257 e. The molecule has 0 saturated carbocycles. The van der Waals surface area contributed by atoms with Crippen LogP contribution >= 0.6 is 0 Å². The first kappa shape index (κ1) is 18.5. The molecule has 1 saturated heterocycles. The van der Waals surface area contributed by atoms with E-state index in [1.165, 1.54) is 0 Å². The molecule has 1 fully saturated rings. The summed E-state index contributed by atoms with van der Waals surface area (Å²) in [5.74, 6) is 2.08. The van der Waals surface area contributed by atoms with Crippen LogP contribution in [0.5, 0.6) is 0 Å². The van der Waals surface area contributed by atoms with Crippen LogP contribution in [-0.4, -0.2) is 47.3 Å². The molecule has 28 heavy (non-hydrogen) atoms. The molecule has 1 aliphatic heterocycles. The Bertz CT molecular complexity index is 937. The van der Waals surface area contributed by atoms with E-state index in [4.69, 9.17) is 4.42 Å². The van der Waals surface area contributed by atoms with Gasteiger partial charge in [0.05, 0.1) is 11.3 Å². The number of aromatic nitrogens is 2. The maximum atomic E-state index is 13.3. The van der Waals surface area contributed by atoms with Crippen molar-refractivity contribution in [3.8, 4) is 17.1 Å². The number of amides is 1. The fraction of sp³-hybridized carbons (Fsp3) is 0.364. The highest BCUT2D eigenvalue weighted by Gasteiger charge is 2.28. The van der Waals surface area contributed by atoms with Crippen LogP contribution in [0.4, 0.5) is 0 Å². The van der Waals surface area contributed by atoms with Crippen LogP contribution in [0, 0.1) is 12.8 Å². The van der Waals surface area contributed by atoms with Crippen molar-refractivity contribution in [1.82, 2.24) is 20.0 Å². The van der Waals surface area contributed by atoms with Crippen LogP contribution in [-0.2, 0) is 0 Å². The van der Waals surface area contributed by atoms with Gasteiger partial charge in [-0.3, -0.25) is 4.79 Å². The Hall–Kier alpha value is -2.86. The predicted octanol–water partition coefficient (Wildman–Crippen LogP) is 3.51. The van der Waals surface area contributed by atoms with E-state index in [1.54, 1.807) is 4.68 Å². The second-order valence-corrected chi connectivity index (χ2v) is 7.38. The summed E-state index contributed by atoms with van der Waals surface area (Å²) in [7, 11) is 1.98. The van der Waals surface area contributed by atoms with Crippen LogP contribution in [0.1, 0.15) is 29.0 Å². The zero-order valence-electron chi connectivity index (χ0n) is 16.4. The molecule has 0 radical (unpaired) electrons. The molecule has 6 nitrogen and oxygen atoms in total. The molecule has 3 heterocycles. The van der Waals surface area contributed by atoms with Gasteiger partial charge < -0.3 is 14.6 Å². The number of aryl methyl sites for hydroxylation is 1. The molecule has 2 aromatic heterocycles. The number of carbonyl (C=O) groups excluding carboxylic acids is 1. The van der Waals surface area contributed by atoms with Gasteiger partial charge >= 0.3 is 0 Å². The molecular formula is C22H26N4O2. The van der Waals surface area contributed by atoms with Crippen LogP contribution in [0.15, 0.2) is 53.1 Å². The van der Waals surface area contributed by atoms with Crippen molar-refractivity contribution in [2.45, 2.75) is 19.8 Å². The molecule has 0 bridgehead atoms.